The molecule has 20 heavy (non-hydrogen) atoms. The Morgan fingerprint density at radius 3 is 2.75 bits per heavy atom. The first-order chi connectivity index (χ1) is 9.56. The van der Waals surface area contributed by atoms with E-state index in [1.807, 2.05) is 0 Å². The van der Waals surface area contributed by atoms with Crippen molar-refractivity contribution in [3.8, 4) is 0 Å². The largest absolute Gasteiger partial charge is 0.462 e. The molecule has 1 amide bonds. The number of hydrogen-bond acceptors (Lipinski definition) is 4. The number of thiophene rings is 1. The Labute approximate surface area is 122 Å². The van der Waals surface area contributed by atoms with Gasteiger partial charge < -0.3 is 15.0 Å². The van der Waals surface area contributed by atoms with E-state index >= 15 is 0 Å². The van der Waals surface area contributed by atoms with Crippen molar-refractivity contribution < 1.29 is 19.2 Å². The van der Waals surface area contributed by atoms with Gasteiger partial charge in [0.1, 0.15) is 11.5 Å². The quantitative estimate of drug-likeness (QED) is 0.810. The van der Waals surface area contributed by atoms with Crippen LogP contribution in [0.5, 0.6) is 0 Å². The van der Waals surface area contributed by atoms with Crippen molar-refractivity contribution in [2.45, 2.75) is 33.7 Å². The number of ether oxygens (including phenoxy) is 1. The third-order valence-electron chi connectivity index (χ3n) is 3.50. The number of likely N-dealkylation sites (N-methyl/N-ethyl adjacent to an activating group) is 1. The summed E-state index contributed by atoms with van der Waals surface area (Å²) in [6.45, 7) is 8.76. The minimum atomic E-state index is -0.325. The lowest BCUT2D eigenvalue weighted by Gasteiger charge is -2.22. The molecule has 0 spiro atoms. The molecule has 1 aromatic heterocycles. The summed E-state index contributed by atoms with van der Waals surface area (Å²) in [4.78, 5) is 26.2. The minimum absolute atomic E-state index is 0.158. The first-order valence-corrected chi connectivity index (χ1v) is 7.81. The Morgan fingerprint density at radius 1 is 1.40 bits per heavy atom. The molecule has 0 saturated heterocycles. The van der Waals surface area contributed by atoms with Crippen molar-refractivity contribution in [2.75, 3.05) is 25.0 Å². The first kappa shape index (κ1) is 15.0. The van der Waals surface area contributed by atoms with Gasteiger partial charge in [-0.2, -0.15) is 0 Å². The van der Waals surface area contributed by atoms with Crippen LogP contribution in [0.2, 0.25) is 0 Å². The zero-order valence-corrected chi connectivity index (χ0v) is 13.0. The molecule has 0 aliphatic carbocycles. The van der Waals surface area contributed by atoms with Crippen LogP contribution in [-0.4, -0.2) is 31.6 Å². The zero-order chi connectivity index (χ0) is 14.7. The fourth-order valence-corrected chi connectivity index (χ4v) is 3.86. The Bertz CT molecular complexity index is 525. The monoisotopic (exact) mass is 297 g/mol. The minimum Gasteiger partial charge on any atom is -0.462 e. The van der Waals surface area contributed by atoms with E-state index in [-0.39, 0.29) is 11.9 Å². The maximum Gasteiger partial charge on any atom is 0.341 e. The van der Waals surface area contributed by atoms with Gasteiger partial charge in [0.2, 0.25) is 5.91 Å². The number of esters is 1. The van der Waals surface area contributed by atoms with E-state index < -0.39 is 0 Å². The topological polar surface area (TPSA) is 59.8 Å². The van der Waals surface area contributed by atoms with Crippen molar-refractivity contribution in [3.63, 3.8) is 0 Å². The lowest BCUT2D eigenvalue weighted by Crippen LogP contribution is -3.11. The normalized spacial score (nSPS) is 17.4. The van der Waals surface area contributed by atoms with Gasteiger partial charge in [0, 0.05) is 13.3 Å². The second-order valence-electron chi connectivity index (χ2n) is 4.89. The summed E-state index contributed by atoms with van der Waals surface area (Å²) in [7, 11) is 0. The summed E-state index contributed by atoms with van der Waals surface area (Å²) in [6, 6.07) is 0. The standard InChI is InChI=1S/C14H20N2O3S/c1-4-16-7-6-10-11(8-16)20-13(15-9(3)17)12(10)14(18)19-5-2/h4-8H2,1-3H3,(H,15,17)/p+1. The van der Waals surface area contributed by atoms with Gasteiger partial charge >= 0.3 is 5.97 Å². The molecule has 0 aromatic carbocycles. The van der Waals surface area contributed by atoms with Gasteiger partial charge in [-0.05, 0) is 19.4 Å². The molecule has 0 fully saturated rings. The summed E-state index contributed by atoms with van der Waals surface area (Å²) in [6.07, 6.45) is 0.864. The van der Waals surface area contributed by atoms with Crippen molar-refractivity contribution in [2.24, 2.45) is 0 Å². The van der Waals surface area contributed by atoms with E-state index in [1.165, 1.54) is 28.0 Å². The van der Waals surface area contributed by atoms with Crippen LogP contribution in [0.1, 0.15) is 41.6 Å². The maximum absolute atomic E-state index is 12.2. The zero-order valence-electron chi connectivity index (χ0n) is 12.2. The molecule has 110 valence electrons. The first-order valence-electron chi connectivity index (χ1n) is 6.99. The highest BCUT2D eigenvalue weighted by Gasteiger charge is 2.30. The third-order valence-corrected chi connectivity index (χ3v) is 4.65. The van der Waals surface area contributed by atoms with Gasteiger partial charge in [-0.25, -0.2) is 4.79 Å². The van der Waals surface area contributed by atoms with Gasteiger partial charge in [-0.15, -0.1) is 11.3 Å². The highest BCUT2D eigenvalue weighted by atomic mass is 32.1. The van der Waals surface area contributed by atoms with Crippen molar-refractivity contribution in [1.29, 1.82) is 0 Å². The number of amides is 1. The fraction of sp³-hybridized carbons (Fsp3) is 0.571. The number of quaternary nitrogens is 1. The third kappa shape index (κ3) is 3.02. The maximum atomic E-state index is 12.2. The smallest absolute Gasteiger partial charge is 0.341 e. The molecule has 0 saturated carbocycles. The van der Waals surface area contributed by atoms with Crippen molar-refractivity contribution in [1.82, 2.24) is 0 Å². The predicted octanol–water partition coefficient (Wildman–Crippen LogP) is 0.844. The summed E-state index contributed by atoms with van der Waals surface area (Å²) in [5, 5.41) is 3.41. The Balaban J connectivity index is 2.38. The van der Waals surface area contributed by atoms with Gasteiger partial charge in [0.25, 0.3) is 0 Å². The van der Waals surface area contributed by atoms with Crippen LogP contribution in [0.3, 0.4) is 0 Å². The van der Waals surface area contributed by atoms with E-state index in [1.54, 1.807) is 6.92 Å². The Hall–Kier alpha value is -1.40. The fourth-order valence-electron chi connectivity index (χ4n) is 2.51. The van der Waals surface area contributed by atoms with Gasteiger partial charge in [0.15, 0.2) is 0 Å². The number of carbonyl (C=O) groups is 2. The van der Waals surface area contributed by atoms with E-state index in [9.17, 15) is 9.59 Å². The molecule has 0 radical (unpaired) electrons. The van der Waals surface area contributed by atoms with Crippen LogP contribution >= 0.6 is 11.3 Å². The lowest BCUT2D eigenvalue weighted by atomic mass is 10.0. The van der Waals surface area contributed by atoms with Crippen LogP contribution in [0.25, 0.3) is 0 Å². The summed E-state index contributed by atoms with van der Waals surface area (Å²) in [5.41, 5.74) is 1.63. The van der Waals surface area contributed by atoms with E-state index in [0.29, 0.717) is 17.2 Å². The van der Waals surface area contributed by atoms with E-state index in [2.05, 4.69) is 12.2 Å². The highest BCUT2D eigenvalue weighted by Crippen LogP contribution is 2.35. The predicted molar refractivity (Wildman–Crippen MR) is 78.4 cm³/mol. The molecule has 2 rings (SSSR count). The molecule has 1 aliphatic heterocycles. The van der Waals surface area contributed by atoms with Crippen molar-refractivity contribution >= 4 is 28.2 Å². The molecule has 1 aliphatic rings. The molecule has 2 heterocycles. The molecule has 2 N–H and O–H groups in total. The highest BCUT2D eigenvalue weighted by molar-refractivity contribution is 7.16. The number of fused-ring (bicyclic) bond motifs is 1. The van der Waals surface area contributed by atoms with Crippen LogP contribution in [-0.2, 0) is 22.5 Å². The second kappa shape index (κ2) is 6.37. The second-order valence-corrected chi connectivity index (χ2v) is 6.00. The molecule has 5 nitrogen and oxygen atoms in total. The average molecular weight is 297 g/mol. The number of nitrogens with one attached hydrogen (secondary N) is 2. The number of rotatable bonds is 4. The number of hydrogen-bond donors (Lipinski definition) is 2. The molecule has 1 atom stereocenters. The van der Waals surface area contributed by atoms with Crippen LogP contribution in [0.15, 0.2) is 0 Å². The number of carbonyl (C=O) groups excluding carboxylic acids is 2. The molecular formula is C14H21N2O3S+. The van der Waals surface area contributed by atoms with Crippen molar-refractivity contribution in [3.05, 3.63) is 16.0 Å². The van der Waals surface area contributed by atoms with Crippen LogP contribution < -0.4 is 10.2 Å². The lowest BCUT2D eigenvalue weighted by molar-refractivity contribution is -0.913. The van der Waals surface area contributed by atoms with Gasteiger partial charge in [-0.3, -0.25) is 4.79 Å². The van der Waals surface area contributed by atoms with Gasteiger partial charge in [0.05, 0.1) is 30.1 Å². The summed E-state index contributed by atoms with van der Waals surface area (Å²) < 4.78 is 5.14. The molecule has 0 bridgehead atoms. The van der Waals surface area contributed by atoms with Gasteiger partial charge in [-0.1, -0.05) is 0 Å². The summed E-state index contributed by atoms with van der Waals surface area (Å²) in [5.74, 6) is -0.484. The summed E-state index contributed by atoms with van der Waals surface area (Å²) >= 11 is 1.51. The molecule has 1 unspecified atom stereocenters. The SMILES string of the molecule is CCOC(=O)c1c(NC(C)=O)sc2c1CC[NH+](CC)C2. The Kier molecular flexibility index (Phi) is 4.77. The van der Waals surface area contributed by atoms with E-state index in [4.69, 9.17) is 4.74 Å². The van der Waals surface area contributed by atoms with E-state index in [0.717, 1.165) is 31.6 Å². The Morgan fingerprint density at radius 2 is 2.15 bits per heavy atom. The molecular weight excluding hydrogens is 276 g/mol. The average Bonchev–Trinajstić information content (AvgIpc) is 2.74. The van der Waals surface area contributed by atoms with Crippen LogP contribution in [0.4, 0.5) is 5.00 Å². The molecule has 1 aromatic rings. The molecule has 6 heteroatoms. The van der Waals surface area contributed by atoms with Crippen LogP contribution in [0, 0.1) is 0 Å². The number of anilines is 1.